The zero-order valence-electron chi connectivity index (χ0n) is 29.5. The minimum atomic E-state index is -1.38. The Balaban J connectivity index is 1.31. The number of nitrogens with one attached hydrogen (secondary N) is 3. The van der Waals surface area contributed by atoms with Crippen LogP contribution in [0.15, 0.2) is 73.2 Å². The van der Waals surface area contributed by atoms with E-state index in [1.807, 2.05) is 46.2 Å². The van der Waals surface area contributed by atoms with Gasteiger partial charge in [0.2, 0.25) is 11.8 Å². The van der Waals surface area contributed by atoms with E-state index in [0.717, 1.165) is 30.4 Å². The first kappa shape index (κ1) is 38.4. The van der Waals surface area contributed by atoms with E-state index < -0.39 is 41.7 Å². The van der Waals surface area contributed by atoms with Gasteiger partial charge in [0.25, 0.3) is 0 Å². The van der Waals surface area contributed by atoms with Gasteiger partial charge in [-0.2, -0.15) is 0 Å². The average molecular weight is 704 g/mol. The standard InChI is InChI=1S/C37H49N7O7/c1-37(2,3)51-36(50)44-26-38-24-29(44)23-31(40-33(46)30(41-34(47)48)22-27-14-8-6-9-15-27)32(45)39-18-12-4-5-13-19-42-20-21-43(35(42)49)25-28-16-10-7-11-17-28/h6-11,14-17,24,26,30-31,41H,4-5,12-13,18-23,25H2,1-3H3,(H,39,45)(H,40,46)(H,47,48)/t30-,31-/m0/s1. The molecule has 1 aliphatic rings. The van der Waals surface area contributed by atoms with Crippen LogP contribution in [-0.2, 0) is 33.7 Å². The molecule has 0 radical (unpaired) electrons. The third-order valence-electron chi connectivity index (χ3n) is 8.30. The maximum Gasteiger partial charge on any atom is 0.420 e. The molecule has 4 rings (SSSR count). The summed E-state index contributed by atoms with van der Waals surface area (Å²) in [7, 11) is 0. The predicted molar refractivity (Wildman–Crippen MR) is 190 cm³/mol. The number of amides is 5. The highest BCUT2D eigenvalue weighted by atomic mass is 16.6. The highest BCUT2D eigenvalue weighted by molar-refractivity contribution is 5.91. The number of hydrogen-bond donors (Lipinski definition) is 4. The van der Waals surface area contributed by atoms with E-state index in [0.29, 0.717) is 44.8 Å². The van der Waals surface area contributed by atoms with Crippen LogP contribution in [0.2, 0.25) is 0 Å². The van der Waals surface area contributed by atoms with Crippen molar-refractivity contribution in [3.63, 3.8) is 0 Å². The highest BCUT2D eigenvalue weighted by Crippen LogP contribution is 2.15. The summed E-state index contributed by atoms with van der Waals surface area (Å²) in [5, 5.41) is 17.3. The lowest BCUT2D eigenvalue weighted by Gasteiger charge is -2.24. The third-order valence-corrected chi connectivity index (χ3v) is 8.30. The number of benzene rings is 2. The van der Waals surface area contributed by atoms with E-state index in [1.54, 1.807) is 45.0 Å². The minimum Gasteiger partial charge on any atom is -0.465 e. The van der Waals surface area contributed by atoms with Gasteiger partial charge in [-0.15, -0.1) is 0 Å². The Labute approximate surface area is 298 Å². The van der Waals surface area contributed by atoms with E-state index >= 15 is 0 Å². The molecule has 1 aromatic heterocycles. The van der Waals surface area contributed by atoms with Crippen molar-refractivity contribution in [2.24, 2.45) is 0 Å². The lowest BCUT2D eigenvalue weighted by Crippen LogP contribution is -2.55. The molecule has 5 amide bonds. The van der Waals surface area contributed by atoms with Crippen molar-refractivity contribution in [1.29, 1.82) is 0 Å². The molecule has 0 bridgehead atoms. The third kappa shape index (κ3) is 12.5. The second-order valence-electron chi connectivity index (χ2n) is 13.6. The van der Waals surface area contributed by atoms with E-state index in [-0.39, 0.29) is 18.9 Å². The van der Waals surface area contributed by atoms with Crippen molar-refractivity contribution in [3.8, 4) is 0 Å². The van der Waals surface area contributed by atoms with Crippen LogP contribution in [0.5, 0.6) is 0 Å². The fraction of sp³-hybridized carbons (Fsp3) is 0.459. The molecule has 1 aliphatic heterocycles. The number of hydrogen-bond acceptors (Lipinski definition) is 7. The van der Waals surface area contributed by atoms with Crippen molar-refractivity contribution in [2.45, 2.75) is 83.5 Å². The van der Waals surface area contributed by atoms with Gasteiger partial charge in [-0.1, -0.05) is 73.5 Å². The Bertz CT molecular complexity index is 1610. The van der Waals surface area contributed by atoms with Gasteiger partial charge in [-0.3, -0.25) is 9.59 Å². The summed E-state index contributed by atoms with van der Waals surface area (Å²) >= 11 is 0. The van der Waals surface area contributed by atoms with Gasteiger partial charge in [-0.25, -0.2) is 23.9 Å². The first-order valence-corrected chi connectivity index (χ1v) is 17.3. The molecule has 1 saturated heterocycles. The topological polar surface area (TPSA) is 175 Å². The van der Waals surface area contributed by atoms with Gasteiger partial charge in [-0.05, 0) is 44.7 Å². The first-order chi connectivity index (χ1) is 24.4. The fourth-order valence-corrected chi connectivity index (χ4v) is 5.75. The Kier molecular flexibility index (Phi) is 14.0. The number of carbonyl (C=O) groups is 5. The molecular formula is C37H49N7O7. The molecule has 2 atom stereocenters. The van der Waals surface area contributed by atoms with Crippen LogP contribution in [-0.4, -0.2) is 98.4 Å². The Morgan fingerprint density at radius 2 is 1.45 bits per heavy atom. The number of rotatable bonds is 17. The summed E-state index contributed by atoms with van der Waals surface area (Å²) in [6.07, 6.45) is 3.79. The van der Waals surface area contributed by atoms with E-state index in [4.69, 9.17) is 4.74 Å². The monoisotopic (exact) mass is 703 g/mol. The van der Waals surface area contributed by atoms with Gasteiger partial charge in [0.15, 0.2) is 0 Å². The van der Waals surface area contributed by atoms with Gasteiger partial charge in [0, 0.05) is 51.8 Å². The van der Waals surface area contributed by atoms with Crippen LogP contribution in [0.25, 0.3) is 0 Å². The summed E-state index contributed by atoms with van der Waals surface area (Å²) in [4.78, 5) is 72.0. The van der Waals surface area contributed by atoms with Crippen molar-refractivity contribution in [3.05, 3.63) is 90.0 Å². The molecular weight excluding hydrogens is 654 g/mol. The lowest BCUT2D eigenvalue weighted by molar-refractivity contribution is -0.130. The molecule has 0 unspecified atom stereocenters. The number of urea groups is 1. The number of unbranched alkanes of at least 4 members (excludes halogenated alkanes) is 3. The largest absolute Gasteiger partial charge is 0.465 e. The van der Waals surface area contributed by atoms with Gasteiger partial charge >= 0.3 is 18.2 Å². The summed E-state index contributed by atoms with van der Waals surface area (Å²) in [6.45, 7) is 8.21. The van der Waals surface area contributed by atoms with Gasteiger partial charge in [0.1, 0.15) is 24.0 Å². The predicted octanol–water partition coefficient (Wildman–Crippen LogP) is 4.19. The zero-order chi connectivity index (χ0) is 36.8. The van der Waals surface area contributed by atoms with Gasteiger partial charge in [0.05, 0.1) is 5.69 Å². The molecule has 0 spiro atoms. The summed E-state index contributed by atoms with van der Waals surface area (Å²) in [5.74, 6) is -1.18. The zero-order valence-corrected chi connectivity index (χ0v) is 29.5. The van der Waals surface area contributed by atoms with Crippen molar-refractivity contribution >= 4 is 30.0 Å². The number of aromatic nitrogens is 2. The molecule has 2 heterocycles. The smallest absolute Gasteiger partial charge is 0.420 e. The van der Waals surface area contributed by atoms with Crippen LogP contribution < -0.4 is 16.0 Å². The molecule has 3 aromatic rings. The maximum atomic E-state index is 13.5. The van der Waals surface area contributed by atoms with Crippen LogP contribution in [0.3, 0.4) is 0 Å². The second-order valence-corrected chi connectivity index (χ2v) is 13.6. The fourth-order valence-electron chi connectivity index (χ4n) is 5.75. The number of imidazole rings is 1. The normalized spacial score (nSPS) is 14.1. The van der Waals surface area contributed by atoms with Gasteiger partial charge < -0.3 is 35.6 Å². The second kappa shape index (κ2) is 18.6. The van der Waals surface area contributed by atoms with E-state index in [9.17, 15) is 29.1 Å². The van der Waals surface area contributed by atoms with Crippen molar-refractivity contribution < 1.29 is 33.8 Å². The van der Waals surface area contributed by atoms with Crippen LogP contribution in [0.4, 0.5) is 14.4 Å². The summed E-state index contributed by atoms with van der Waals surface area (Å²) in [5.41, 5.74) is 1.39. The molecule has 14 nitrogen and oxygen atoms in total. The Morgan fingerprint density at radius 1 is 0.824 bits per heavy atom. The number of nitrogens with zero attached hydrogens (tertiary/aromatic N) is 4. The Morgan fingerprint density at radius 3 is 2.12 bits per heavy atom. The molecule has 14 heteroatoms. The molecule has 1 fully saturated rings. The number of ether oxygens (including phenoxy) is 1. The molecule has 2 aromatic carbocycles. The first-order valence-electron chi connectivity index (χ1n) is 17.3. The highest BCUT2D eigenvalue weighted by Gasteiger charge is 2.30. The number of carbonyl (C=O) groups excluding carboxylic acids is 4. The summed E-state index contributed by atoms with van der Waals surface area (Å²) < 4.78 is 6.65. The van der Waals surface area contributed by atoms with Crippen molar-refractivity contribution in [1.82, 2.24) is 35.3 Å². The molecule has 4 N–H and O–H groups in total. The minimum absolute atomic E-state index is 0.0526. The quantitative estimate of drug-likeness (QED) is 0.151. The maximum absolute atomic E-state index is 13.5. The molecule has 0 saturated carbocycles. The van der Waals surface area contributed by atoms with Crippen molar-refractivity contribution in [2.75, 3.05) is 26.2 Å². The molecule has 0 aliphatic carbocycles. The van der Waals surface area contributed by atoms with E-state index in [2.05, 4.69) is 20.9 Å². The van der Waals surface area contributed by atoms with Crippen LogP contribution in [0, 0.1) is 0 Å². The molecule has 274 valence electrons. The summed E-state index contributed by atoms with van der Waals surface area (Å²) in [6, 6.07) is 16.6. The Hall–Kier alpha value is -5.40. The van der Waals surface area contributed by atoms with E-state index in [1.165, 1.54) is 17.1 Å². The average Bonchev–Trinajstić information content (AvgIpc) is 3.69. The van der Waals surface area contributed by atoms with Crippen LogP contribution >= 0.6 is 0 Å². The SMILES string of the molecule is CC(C)(C)OC(=O)n1cncc1C[C@H](NC(=O)[C@H](Cc1ccccc1)NC(=O)O)C(=O)NCCCCCCN1CCN(Cc2ccccc2)C1=O. The molecule has 51 heavy (non-hydrogen) atoms. The van der Waals surface area contributed by atoms with Crippen LogP contribution in [0.1, 0.15) is 63.3 Å². The lowest BCUT2D eigenvalue weighted by atomic mass is 10.0. The number of carboxylic acid groups (broad SMARTS) is 1.